The van der Waals surface area contributed by atoms with Crippen molar-refractivity contribution < 1.29 is 0 Å². The van der Waals surface area contributed by atoms with Gasteiger partial charge >= 0.3 is 0 Å². The van der Waals surface area contributed by atoms with Crippen molar-refractivity contribution in [2.24, 2.45) is 0 Å². The highest BCUT2D eigenvalue weighted by Crippen LogP contribution is 2.27. The van der Waals surface area contributed by atoms with E-state index in [1.807, 2.05) is 0 Å². The molecule has 0 nitrogen and oxygen atoms in total. The van der Waals surface area contributed by atoms with Crippen LogP contribution in [0.15, 0.2) is 0 Å². The van der Waals surface area contributed by atoms with Crippen LogP contribution < -0.4 is 0 Å². The SMILES string of the molecule is CCC[Si]1CCC(I)CC1. The quantitative estimate of drug-likeness (QED) is 0.408. The second-order valence-corrected chi connectivity index (χ2v) is 7.94. The molecule has 10 heavy (non-hydrogen) atoms. The topological polar surface area (TPSA) is 0 Å². The number of rotatable bonds is 2. The molecule has 0 saturated carbocycles. The van der Waals surface area contributed by atoms with Crippen LogP contribution in [0.25, 0.3) is 0 Å². The molecule has 1 fully saturated rings. The van der Waals surface area contributed by atoms with Gasteiger partial charge in [-0.3, -0.25) is 0 Å². The Morgan fingerprint density at radius 1 is 1.40 bits per heavy atom. The van der Waals surface area contributed by atoms with Crippen molar-refractivity contribution in [2.75, 3.05) is 0 Å². The van der Waals surface area contributed by atoms with Gasteiger partial charge < -0.3 is 0 Å². The molecule has 1 rings (SSSR count). The number of halogens is 1. The lowest BCUT2D eigenvalue weighted by atomic mass is 10.3. The van der Waals surface area contributed by atoms with E-state index in [9.17, 15) is 0 Å². The number of hydrogen-bond donors (Lipinski definition) is 0. The van der Waals surface area contributed by atoms with Gasteiger partial charge in [0.05, 0.1) is 0 Å². The molecule has 0 atom stereocenters. The van der Waals surface area contributed by atoms with E-state index in [0.717, 1.165) is 3.92 Å². The van der Waals surface area contributed by atoms with Gasteiger partial charge in [0.15, 0.2) is 0 Å². The Bertz CT molecular complexity index is 87.3. The van der Waals surface area contributed by atoms with Gasteiger partial charge in [-0.05, 0) is 12.8 Å². The molecule has 0 spiro atoms. The minimum atomic E-state index is 0.164. The molecule has 1 saturated heterocycles. The molecule has 1 aliphatic rings. The third-order valence-corrected chi connectivity index (χ3v) is 6.67. The van der Waals surface area contributed by atoms with Crippen LogP contribution in [0.2, 0.25) is 18.1 Å². The second-order valence-electron chi connectivity index (χ2n) is 3.17. The highest BCUT2D eigenvalue weighted by molar-refractivity contribution is 14.1. The molecular weight excluding hydrogens is 251 g/mol. The molecule has 1 radical (unpaired) electrons. The Labute approximate surface area is 79.5 Å². The van der Waals surface area contributed by atoms with Gasteiger partial charge in [0.25, 0.3) is 0 Å². The minimum Gasteiger partial charge on any atom is -0.0826 e. The zero-order valence-corrected chi connectivity index (χ0v) is 9.86. The van der Waals surface area contributed by atoms with E-state index in [-0.39, 0.29) is 8.80 Å². The molecule has 0 aliphatic carbocycles. The highest BCUT2D eigenvalue weighted by atomic mass is 127. The molecule has 1 aliphatic heterocycles. The van der Waals surface area contributed by atoms with Crippen LogP contribution in [-0.4, -0.2) is 12.7 Å². The monoisotopic (exact) mass is 267 g/mol. The van der Waals surface area contributed by atoms with E-state index in [2.05, 4.69) is 29.5 Å². The molecule has 59 valence electrons. The van der Waals surface area contributed by atoms with Crippen LogP contribution in [0.4, 0.5) is 0 Å². The van der Waals surface area contributed by atoms with Gasteiger partial charge in [0.2, 0.25) is 0 Å². The van der Waals surface area contributed by atoms with Crippen molar-refractivity contribution in [1.82, 2.24) is 0 Å². The zero-order valence-electron chi connectivity index (χ0n) is 6.70. The summed E-state index contributed by atoms with van der Waals surface area (Å²) in [6.07, 6.45) is 4.48. The average molecular weight is 267 g/mol. The van der Waals surface area contributed by atoms with Gasteiger partial charge in [0, 0.05) is 12.7 Å². The highest BCUT2D eigenvalue weighted by Gasteiger charge is 2.19. The van der Waals surface area contributed by atoms with E-state index >= 15 is 0 Å². The first-order chi connectivity index (χ1) is 4.83. The summed E-state index contributed by atoms with van der Waals surface area (Å²) in [5, 5.41) is 0. The smallest absolute Gasteiger partial charge is 0.0479 e. The van der Waals surface area contributed by atoms with Crippen LogP contribution in [0.5, 0.6) is 0 Å². The summed E-state index contributed by atoms with van der Waals surface area (Å²) in [6, 6.07) is 4.78. The maximum atomic E-state index is 2.61. The largest absolute Gasteiger partial charge is 0.0826 e. The van der Waals surface area contributed by atoms with Gasteiger partial charge in [-0.2, -0.15) is 0 Å². The predicted octanol–water partition coefficient (Wildman–Crippen LogP) is 3.49. The molecule has 0 bridgehead atoms. The van der Waals surface area contributed by atoms with Crippen molar-refractivity contribution in [3.63, 3.8) is 0 Å². The average Bonchev–Trinajstić information content (AvgIpc) is 1.95. The summed E-state index contributed by atoms with van der Waals surface area (Å²) >= 11 is 2.61. The third kappa shape index (κ3) is 2.90. The molecule has 2 heteroatoms. The lowest BCUT2D eigenvalue weighted by Crippen LogP contribution is -2.20. The Kier molecular flexibility index (Phi) is 4.29. The molecule has 0 aromatic rings. The Morgan fingerprint density at radius 3 is 2.50 bits per heavy atom. The van der Waals surface area contributed by atoms with Crippen molar-refractivity contribution in [1.29, 1.82) is 0 Å². The summed E-state index contributed by atoms with van der Waals surface area (Å²) in [7, 11) is 0.164. The van der Waals surface area contributed by atoms with Gasteiger partial charge in [0.1, 0.15) is 0 Å². The second kappa shape index (κ2) is 4.75. The zero-order chi connectivity index (χ0) is 7.40. The van der Waals surface area contributed by atoms with E-state index < -0.39 is 0 Å². The first-order valence-corrected chi connectivity index (χ1v) is 7.67. The van der Waals surface area contributed by atoms with E-state index in [1.165, 1.54) is 19.3 Å². The van der Waals surface area contributed by atoms with E-state index in [4.69, 9.17) is 0 Å². The summed E-state index contributed by atoms with van der Waals surface area (Å²) in [5.41, 5.74) is 0. The van der Waals surface area contributed by atoms with Gasteiger partial charge in [-0.15, -0.1) is 0 Å². The maximum Gasteiger partial charge on any atom is 0.0479 e. The first kappa shape index (κ1) is 9.04. The maximum absolute atomic E-state index is 2.61. The fraction of sp³-hybridized carbons (Fsp3) is 1.00. The van der Waals surface area contributed by atoms with Gasteiger partial charge in [-0.1, -0.05) is 54.1 Å². The summed E-state index contributed by atoms with van der Waals surface area (Å²) < 4.78 is 1.02. The molecule has 0 amide bonds. The summed E-state index contributed by atoms with van der Waals surface area (Å²) in [4.78, 5) is 0. The van der Waals surface area contributed by atoms with Crippen molar-refractivity contribution >= 4 is 31.4 Å². The fourth-order valence-corrected chi connectivity index (χ4v) is 6.36. The first-order valence-electron chi connectivity index (χ1n) is 4.30. The molecule has 0 aromatic carbocycles. The Hall–Kier alpha value is 0.947. The van der Waals surface area contributed by atoms with Crippen LogP contribution in [-0.2, 0) is 0 Å². The van der Waals surface area contributed by atoms with Crippen molar-refractivity contribution in [3.05, 3.63) is 0 Å². The van der Waals surface area contributed by atoms with Crippen LogP contribution >= 0.6 is 22.6 Å². The fourth-order valence-electron chi connectivity index (χ4n) is 1.59. The minimum absolute atomic E-state index is 0.164. The van der Waals surface area contributed by atoms with Gasteiger partial charge in [-0.25, -0.2) is 0 Å². The Balaban J connectivity index is 2.13. The molecular formula is C8H16ISi. The van der Waals surface area contributed by atoms with Crippen molar-refractivity contribution in [3.8, 4) is 0 Å². The molecule has 0 unspecified atom stereocenters. The number of hydrogen-bond acceptors (Lipinski definition) is 0. The van der Waals surface area contributed by atoms with Crippen LogP contribution in [0, 0.1) is 0 Å². The predicted molar refractivity (Wildman–Crippen MR) is 57.5 cm³/mol. The van der Waals surface area contributed by atoms with Crippen LogP contribution in [0.1, 0.15) is 26.2 Å². The summed E-state index contributed by atoms with van der Waals surface area (Å²) in [6.45, 7) is 2.33. The standard InChI is InChI=1S/C8H16ISi/c1-2-5-10-6-3-8(9)4-7-10/h8H,2-7H2,1H3. The Morgan fingerprint density at radius 2 is 2.00 bits per heavy atom. The number of alkyl halides is 1. The lowest BCUT2D eigenvalue weighted by Gasteiger charge is -2.23. The molecule has 0 aromatic heterocycles. The molecule has 0 N–H and O–H groups in total. The third-order valence-electron chi connectivity index (χ3n) is 2.23. The normalized spacial score (nSPS) is 23.4. The summed E-state index contributed by atoms with van der Waals surface area (Å²) in [5.74, 6) is 0. The van der Waals surface area contributed by atoms with Crippen molar-refractivity contribution in [2.45, 2.75) is 48.2 Å². The van der Waals surface area contributed by atoms with E-state index in [0.29, 0.717) is 0 Å². The lowest BCUT2D eigenvalue weighted by molar-refractivity contribution is 0.758. The molecule has 1 heterocycles. The van der Waals surface area contributed by atoms with E-state index in [1.54, 1.807) is 18.1 Å². The van der Waals surface area contributed by atoms with Crippen LogP contribution in [0.3, 0.4) is 0 Å².